The maximum absolute atomic E-state index is 11.4. The summed E-state index contributed by atoms with van der Waals surface area (Å²) in [6.07, 6.45) is 2.01. The van der Waals surface area contributed by atoms with Gasteiger partial charge in [0.1, 0.15) is 6.61 Å². The molecular weight excluding hydrogens is 152 g/mol. The Morgan fingerprint density at radius 1 is 1.25 bits per heavy atom. The Morgan fingerprint density at radius 2 is 1.75 bits per heavy atom. The largest absolute Gasteiger partial charge is 0.371 e. The minimum atomic E-state index is 0.156. The first kappa shape index (κ1) is 11.6. The van der Waals surface area contributed by atoms with E-state index in [0.29, 0.717) is 0 Å². The Labute approximate surface area is 75.3 Å². The number of rotatable bonds is 6. The van der Waals surface area contributed by atoms with Gasteiger partial charge >= 0.3 is 0 Å². The molecule has 0 bridgehead atoms. The molecule has 0 atom stereocenters. The summed E-state index contributed by atoms with van der Waals surface area (Å²) in [6, 6.07) is 0. The van der Waals surface area contributed by atoms with Crippen LogP contribution in [0, 0.1) is 5.92 Å². The van der Waals surface area contributed by atoms with E-state index < -0.39 is 0 Å². The van der Waals surface area contributed by atoms with E-state index in [1.807, 2.05) is 27.7 Å². The van der Waals surface area contributed by atoms with Crippen molar-refractivity contribution in [2.45, 2.75) is 46.6 Å². The monoisotopic (exact) mass is 172 g/mol. The van der Waals surface area contributed by atoms with Gasteiger partial charge < -0.3 is 4.74 Å². The van der Waals surface area contributed by atoms with Crippen molar-refractivity contribution >= 4 is 5.78 Å². The standard InChI is InChI=1S/C10H20O2/c1-5-9(6-2)10(11)7-12-8(3)4/h8-9H,5-7H2,1-4H3. The topological polar surface area (TPSA) is 26.3 Å². The van der Waals surface area contributed by atoms with E-state index >= 15 is 0 Å². The molecule has 0 aliphatic carbocycles. The van der Waals surface area contributed by atoms with Gasteiger partial charge in [0.15, 0.2) is 5.78 Å². The molecule has 0 aliphatic heterocycles. The number of ether oxygens (including phenoxy) is 1. The molecule has 2 heteroatoms. The quantitative estimate of drug-likeness (QED) is 0.615. The van der Waals surface area contributed by atoms with Gasteiger partial charge in [0.2, 0.25) is 0 Å². The summed E-state index contributed by atoms with van der Waals surface area (Å²) in [5, 5.41) is 0. The molecule has 0 aromatic carbocycles. The van der Waals surface area contributed by atoms with Crippen molar-refractivity contribution in [1.82, 2.24) is 0 Å². The van der Waals surface area contributed by atoms with Crippen molar-refractivity contribution in [2.75, 3.05) is 6.61 Å². The first-order valence-electron chi connectivity index (χ1n) is 4.76. The highest BCUT2D eigenvalue weighted by atomic mass is 16.5. The van der Waals surface area contributed by atoms with Gasteiger partial charge in [-0.1, -0.05) is 13.8 Å². The van der Waals surface area contributed by atoms with E-state index in [9.17, 15) is 4.79 Å². The lowest BCUT2D eigenvalue weighted by Crippen LogP contribution is -2.20. The van der Waals surface area contributed by atoms with Gasteiger partial charge in [0.25, 0.3) is 0 Å². The number of hydrogen-bond acceptors (Lipinski definition) is 2. The summed E-state index contributed by atoms with van der Waals surface area (Å²) in [5.74, 6) is 0.442. The van der Waals surface area contributed by atoms with E-state index in [-0.39, 0.29) is 24.4 Å². The molecule has 0 aromatic heterocycles. The molecule has 0 saturated carbocycles. The predicted molar refractivity (Wildman–Crippen MR) is 50.2 cm³/mol. The number of carbonyl (C=O) groups excluding carboxylic acids is 1. The highest BCUT2D eigenvalue weighted by Crippen LogP contribution is 2.09. The van der Waals surface area contributed by atoms with Crippen LogP contribution >= 0.6 is 0 Å². The third kappa shape index (κ3) is 4.50. The van der Waals surface area contributed by atoms with Gasteiger partial charge in [-0.15, -0.1) is 0 Å². The third-order valence-electron chi connectivity index (χ3n) is 2.00. The number of carbonyl (C=O) groups is 1. The van der Waals surface area contributed by atoms with Crippen molar-refractivity contribution < 1.29 is 9.53 Å². The maximum Gasteiger partial charge on any atom is 0.161 e. The highest BCUT2D eigenvalue weighted by molar-refractivity contribution is 5.82. The van der Waals surface area contributed by atoms with Crippen molar-refractivity contribution in [3.8, 4) is 0 Å². The van der Waals surface area contributed by atoms with Crippen LogP contribution in [-0.2, 0) is 9.53 Å². The molecule has 72 valence electrons. The molecular formula is C10H20O2. The smallest absolute Gasteiger partial charge is 0.161 e. The molecule has 0 fully saturated rings. The number of ketones is 1. The summed E-state index contributed by atoms with van der Waals surface area (Å²) in [6.45, 7) is 8.26. The number of hydrogen-bond donors (Lipinski definition) is 0. The first-order valence-corrected chi connectivity index (χ1v) is 4.76. The molecule has 0 saturated heterocycles. The Bertz CT molecular complexity index is 126. The molecule has 0 spiro atoms. The Hall–Kier alpha value is -0.370. The minimum Gasteiger partial charge on any atom is -0.371 e. The predicted octanol–water partition coefficient (Wildman–Crippen LogP) is 2.42. The zero-order valence-corrected chi connectivity index (χ0v) is 8.59. The summed E-state index contributed by atoms with van der Waals surface area (Å²) in [5.41, 5.74) is 0. The van der Waals surface area contributed by atoms with Crippen molar-refractivity contribution in [1.29, 1.82) is 0 Å². The maximum atomic E-state index is 11.4. The molecule has 0 N–H and O–H groups in total. The second-order valence-electron chi connectivity index (χ2n) is 3.34. The Kier molecular flexibility index (Phi) is 5.99. The van der Waals surface area contributed by atoms with Crippen molar-refractivity contribution in [2.24, 2.45) is 5.92 Å². The van der Waals surface area contributed by atoms with Gasteiger partial charge in [-0.05, 0) is 26.7 Å². The summed E-state index contributed by atoms with van der Waals surface area (Å²) < 4.78 is 5.24. The first-order chi connectivity index (χ1) is 5.61. The summed E-state index contributed by atoms with van der Waals surface area (Å²) in [7, 11) is 0. The lowest BCUT2D eigenvalue weighted by molar-refractivity contribution is -0.129. The fraction of sp³-hybridized carbons (Fsp3) is 0.900. The fourth-order valence-electron chi connectivity index (χ4n) is 1.11. The van der Waals surface area contributed by atoms with Gasteiger partial charge in [0, 0.05) is 5.92 Å². The van der Waals surface area contributed by atoms with Crippen LogP contribution in [0.15, 0.2) is 0 Å². The lowest BCUT2D eigenvalue weighted by Gasteiger charge is -2.12. The molecule has 0 radical (unpaired) electrons. The molecule has 0 aromatic rings. The number of Topliss-reactive ketones (excluding diaryl/α,β-unsaturated/α-hetero) is 1. The molecule has 0 amide bonds. The van der Waals surface area contributed by atoms with Crippen LogP contribution in [-0.4, -0.2) is 18.5 Å². The molecule has 0 heterocycles. The van der Waals surface area contributed by atoms with Crippen LogP contribution in [0.4, 0.5) is 0 Å². The van der Waals surface area contributed by atoms with Crippen LogP contribution in [0.5, 0.6) is 0 Å². The van der Waals surface area contributed by atoms with Gasteiger partial charge in [-0.3, -0.25) is 4.79 Å². The lowest BCUT2D eigenvalue weighted by atomic mass is 9.99. The van der Waals surface area contributed by atoms with E-state index in [4.69, 9.17) is 4.74 Å². The average molecular weight is 172 g/mol. The van der Waals surface area contributed by atoms with E-state index in [0.717, 1.165) is 12.8 Å². The zero-order chi connectivity index (χ0) is 9.56. The van der Waals surface area contributed by atoms with Crippen LogP contribution in [0.2, 0.25) is 0 Å². The van der Waals surface area contributed by atoms with E-state index in [1.54, 1.807) is 0 Å². The van der Waals surface area contributed by atoms with Crippen LogP contribution < -0.4 is 0 Å². The molecule has 0 aliphatic rings. The van der Waals surface area contributed by atoms with Crippen molar-refractivity contribution in [3.05, 3.63) is 0 Å². The zero-order valence-electron chi connectivity index (χ0n) is 8.59. The minimum absolute atomic E-state index is 0.156. The van der Waals surface area contributed by atoms with Crippen LogP contribution in [0.3, 0.4) is 0 Å². The summed E-state index contributed by atoms with van der Waals surface area (Å²) in [4.78, 5) is 11.4. The Morgan fingerprint density at radius 3 is 2.08 bits per heavy atom. The van der Waals surface area contributed by atoms with Gasteiger partial charge in [-0.25, -0.2) is 0 Å². The van der Waals surface area contributed by atoms with Crippen LogP contribution in [0.25, 0.3) is 0 Å². The van der Waals surface area contributed by atoms with E-state index in [1.165, 1.54) is 0 Å². The Balaban J connectivity index is 3.69. The van der Waals surface area contributed by atoms with E-state index in [2.05, 4.69) is 0 Å². The molecule has 2 nitrogen and oxygen atoms in total. The van der Waals surface area contributed by atoms with Gasteiger partial charge in [-0.2, -0.15) is 0 Å². The average Bonchev–Trinajstić information content (AvgIpc) is 2.03. The normalized spacial score (nSPS) is 11.2. The fourth-order valence-corrected chi connectivity index (χ4v) is 1.11. The highest BCUT2D eigenvalue weighted by Gasteiger charge is 2.14. The van der Waals surface area contributed by atoms with Crippen LogP contribution in [0.1, 0.15) is 40.5 Å². The SMILES string of the molecule is CCC(CC)C(=O)COC(C)C. The second kappa shape index (κ2) is 6.18. The van der Waals surface area contributed by atoms with Gasteiger partial charge in [0.05, 0.1) is 6.10 Å². The molecule has 0 unspecified atom stereocenters. The second-order valence-corrected chi connectivity index (χ2v) is 3.34. The molecule has 0 rings (SSSR count). The molecule has 12 heavy (non-hydrogen) atoms. The summed E-state index contributed by atoms with van der Waals surface area (Å²) >= 11 is 0. The van der Waals surface area contributed by atoms with Crippen molar-refractivity contribution in [3.63, 3.8) is 0 Å². The third-order valence-corrected chi connectivity index (χ3v) is 2.00.